The van der Waals surface area contributed by atoms with Crippen molar-refractivity contribution >= 4 is 5.96 Å². The van der Waals surface area contributed by atoms with E-state index in [0.717, 1.165) is 50.5 Å². The summed E-state index contributed by atoms with van der Waals surface area (Å²) in [5.74, 6) is 2.46. The minimum Gasteiger partial charge on any atom is -0.385 e. The van der Waals surface area contributed by atoms with Gasteiger partial charge in [-0.25, -0.2) is 0 Å². The lowest BCUT2D eigenvalue weighted by Gasteiger charge is -2.35. The van der Waals surface area contributed by atoms with Crippen LogP contribution in [0, 0.1) is 11.8 Å². The molecule has 0 saturated carbocycles. The summed E-state index contributed by atoms with van der Waals surface area (Å²) in [4.78, 5) is 6.85. The Morgan fingerprint density at radius 1 is 1.12 bits per heavy atom. The Labute approximate surface area is 159 Å². The van der Waals surface area contributed by atoms with Gasteiger partial charge in [0.2, 0.25) is 0 Å². The van der Waals surface area contributed by atoms with Gasteiger partial charge in [-0.2, -0.15) is 0 Å². The highest BCUT2D eigenvalue weighted by Gasteiger charge is 2.21. The van der Waals surface area contributed by atoms with Crippen LogP contribution in [0.2, 0.25) is 0 Å². The topological polar surface area (TPSA) is 48.9 Å². The van der Waals surface area contributed by atoms with Crippen molar-refractivity contribution in [2.75, 3.05) is 40.4 Å². The Morgan fingerprint density at radius 2 is 1.77 bits per heavy atom. The highest BCUT2D eigenvalue weighted by molar-refractivity contribution is 5.79. The number of methoxy groups -OCH3 is 1. The first-order chi connectivity index (χ1) is 12.6. The number of piperidine rings is 1. The van der Waals surface area contributed by atoms with Crippen molar-refractivity contribution in [2.45, 2.75) is 39.8 Å². The molecule has 1 aromatic rings. The molecule has 5 heteroatoms. The molecule has 1 aliphatic heterocycles. The summed E-state index contributed by atoms with van der Waals surface area (Å²) in [6, 6.07) is 8.96. The van der Waals surface area contributed by atoms with Gasteiger partial charge in [-0.3, -0.25) is 9.89 Å². The molecule has 0 aliphatic carbocycles. The van der Waals surface area contributed by atoms with Gasteiger partial charge in [0.15, 0.2) is 5.96 Å². The molecule has 1 heterocycles. The second-order valence-electron chi connectivity index (χ2n) is 7.66. The Kier molecular flexibility index (Phi) is 8.92. The summed E-state index contributed by atoms with van der Waals surface area (Å²) >= 11 is 0. The summed E-state index contributed by atoms with van der Waals surface area (Å²) < 4.78 is 5.06. The molecule has 0 bridgehead atoms. The molecule has 0 spiro atoms. The highest BCUT2D eigenvalue weighted by atomic mass is 16.5. The van der Waals surface area contributed by atoms with E-state index in [4.69, 9.17) is 4.74 Å². The molecule has 1 aliphatic rings. The number of aliphatic imine (C=N–C) groups is 1. The molecule has 0 aromatic heterocycles. The van der Waals surface area contributed by atoms with E-state index in [1.54, 1.807) is 14.2 Å². The smallest absolute Gasteiger partial charge is 0.191 e. The van der Waals surface area contributed by atoms with E-state index in [-0.39, 0.29) is 0 Å². The molecule has 2 atom stereocenters. The maximum Gasteiger partial charge on any atom is 0.191 e. The van der Waals surface area contributed by atoms with Gasteiger partial charge in [-0.1, -0.05) is 38.1 Å². The Balaban J connectivity index is 1.76. The molecule has 5 nitrogen and oxygen atoms in total. The number of hydrogen-bond donors (Lipinski definition) is 2. The van der Waals surface area contributed by atoms with Crippen LogP contribution >= 0.6 is 0 Å². The fourth-order valence-corrected chi connectivity index (χ4v) is 3.77. The summed E-state index contributed by atoms with van der Waals surface area (Å²) in [6.07, 6.45) is 2.33. The Hall–Kier alpha value is -1.59. The second-order valence-corrected chi connectivity index (χ2v) is 7.66. The predicted octanol–water partition coefficient (Wildman–Crippen LogP) is 2.87. The van der Waals surface area contributed by atoms with Gasteiger partial charge in [0.1, 0.15) is 0 Å². The molecular weight excluding hydrogens is 324 g/mol. The average molecular weight is 361 g/mol. The number of rotatable bonds is 8. The van der Waals surface area contributed by atoms with Crippen LogP contribution in [0.5, 0.6) is 0 Å². The van der Waals surface area contributed by atoms with Crippen molar-refractivity contribution in [2.24, 2.45) is 16.8 Å². The van der Waals surface area contributed by atoms with Crippen molar-refractivity contribution in [3.05, 3.63) is 35.4 Å². The third-order valence-electron chi connectivity index (χ3n) is 4.87. The molecule has 0 radical (unpaired) electrons. The number of guanidine groups is 1. The number of nitrogens with one attached hydrogen (secondary N) is 2. The fourth-order valence-electron chi connectivity index (χ4n) is 3.77. The fraction of sp³-hybridized carbons (Fsp3) is 0.667. The molecule has 146 valence electrons. The van der Waals surface area contributed by atoms with E-state index in [0.29, 0.717) is 0 Å². The van der Waals surface area contributed by atoms with Gasteiger partial charge in [0.05, 0.1) is 0 Å². The first kappa shape index (κ1) is 20.7. The maximum absolute atomic E-state index is 5.06. The Morgan fingerprint density at radius 3 is 2.38 bits per heavy atom. The first-order valence-corrected chi connectivity index (χ1v) is 9.84. The van der Waals surface area contributed by atoms with E-state index >= 15 is 0 Å². The van der Waals surface area contributed by atoms with Gasteiger partial charge in [0, 0.05) is 53.5 Å². The van der Waals surface area contributed by atoms with Gasteiger partial charge in [0.25, 0.3) is 0 Å². The van der Waals surface area contributed by atoms with E-state index in [9.17, 15) is 0 Å². The lowest BCUT2D eigenvalue weighted by molar-refractivity contribution is 0.134. The Bertz CT molecular complexity index is 533. The van der Waals surface area contributed by atoms with Gasteiger partial charge < -0.3 is 15.4 Å². The van der Waals surface area contributed by atoms with Crippen LogP contribution in [-0.4, -0.2) is 51.3 Å². The number of benzene rings is 1. The zero-order chi connectivity index (χ0) is 18.8. The third kappa shape index (κ3) is 7.34. The molecule has 0 amide bonds. The van der Waals surface area contributed by atoms with Crippen LogP contribution in [0.15, 0.2) is 29.3 Å². The van der Waals surface area contributed by atoms with Gasteiger partial charge in [-0.05, 0) is 35.8 Å². The SMILES string of the molecule is CN=C(NCCCOC)NCc1ccc(CN2CC(C)CC(C)C2)cc1. The number of ether oxygens (including phenoxy) is 1. The minimum absolute atomic E-state index is 0.764. The van der Waals surface area contributed by atoms with Crippen molar-refractivity contribution in [1.29, 1.82) is 0 Å². The normalized spacial score (nSPS) is 21.6. The summed E-state index contributed by atoms with van der Waals surface area (Å²) in [6.45, 7) is 10.6. The van der Waals surface area contributed by atoms with E-state index in [2.05, 4.69) is 58.6 Å². The standard InChI is InChI=1S/C21H36N4O/c1-17-12-18(2)15-25(14-17)16-20-8-6-19(7-9-20)13-24-21(22-3)23-10-5-11-26-4/h6-9,17-18H,5,10-16H2,1-4H3,(H2,22,23,24). The van der Waals surface area contributed by atoms with Crippen molar-refractivity contribution in [3.8, 4) is 0 Å². The zero-order valence-electron chi connectivity index (χ0n) is 16.9. The van der Waals surface area contributed by atoms with Gasteiger partial charge >= 0.3 is 0 Å². The summed E-state index contributed by atoms with van der Waals surface area (Å²) in [5, 5.41) is 6.66. The quantitative estimate of drug-likeness (QED) is 0.425. The van der Waals surface area contributed by atoms with Crippen molar-refractivity contribution in [1.82, 2.24) is 15.5 Å². The predicted molar refractivity (Wildman–Crippen MR) is 109 cm³/mol. The summed E-state index contributed by atoms with van der Waals surface area (Å²) in [5.41, 5.74) is 2.67. The highest BCUT2D eigenvalue weighted by Crippen LogP contribution is 2.22. The number of hydrogen-bond acceptors (Lipinski definition) is 3. The molecule has 2 N–H and O–H groups in total. The van der Waals surface area contributed by atoms with Crippen LogP contribution in [-0.2, 0) is 17.8 Å². The minimum atomic E-state index is 0.764. The largest absolute Gasteiger partial charge is 0.385 e. The van der Waals surface area contributed by atoms with E-state index in [1.807, 2.05) is 0 Å². The van der Waals surface area contributed by atoms with E-state index in [1.165, 1.54) is 30.6 Å². The average Bonchev–Trinajstić information content (AvgIpc) is 2.61. The molecular formula is C21H36N4O. The molecule has 1 fully saturated rings. The molecule has 2 unspecified atom stereocenters. The van der Waals surface area contributed by atoms with Crippen LogP contribution in [0.1, 0.15) is 37.8 Å². The first-order valence-electron chi connectivity index (χ1n) is 9.84. The zero-order valence-corrected chi connectivity index (χ0v) is 16.9. The number of nitrogens with zero attached hydrogens (tertiary/aromatic N) is 2. The van der Waals surface area contributed by atoms with E-state index < -0.39 is 0 Å². The van der Waals surface area contributed by atoms with Crippen LogP contribution < -0.4 is 10.6 Å². The van der Waals surface area contributed by atoms with Gasteiger partial charge in [-0.15, -0.1) is 0 Å². The second kappa shape index (κ2) is 11.2. The molecule has 2 rings (SSSR count). The van der Waals surface area contributed by atoms with Crippen LogP contribution in [0.4, 0.5) is 0 Å². The van der Waals surface area contributed by atoms with Crippen LogP contribution in [0.25, 0.3) is 0 Å². The van der Waals surface area contributed by atoms with Crippen LogP contribution in [0.3, 0.4) is 0 Å². The number of likely N-dealkylation sites (tertiary alicyclic amines) is 1. The molecule has 1 aromatic carbocycles. The lowest BCUT2D eigenvalue weighted by Crippen LogP contribution is -2.38. The van der Waals surface area contributed by atoms with Crippen molar-refractivity contribution < 1.29 is 4.74 Å². The lowest BCUT2D eigenvalue weighted by atomic mass is 9.91. The summed E-state index contributed by atoms with van der Waals surface area (Å²) in [7, 11) is 3.53. The third-order valence-corrected chi connectivity index (χ3v) is 4.87. The van der Waals surface area contributed by atoms with Crippen molar-refractivity contribution in [3.63, 3.8) is 0 Å². The molecule has 1 saturated heterocycles. The maximum atomic E-state index is 5.06. The molecule has 26 heavy (non-hydrogen) atoms. The monoisotopic (exact) mass is 360 g/mol.